The molecule has 0 saturated carbocycles. The Kier molecular flexibility index (Phi) is 37.0. The molecule has 2 amide bonds. The first-order valence-electron chi connectivity index (χ1n) is 22.1. The number of unbranched alkanes of at least 4 members (excludes halogenated alkanes) is 25. The molecule has 0 aromatic rings. The van der Waals surface area contributed by atoms with Crippen molar-refractivity contribution in [3.8, 4) is 0 Å². The lowest BCUT2D eigenvalue weighted by atomic mass is 10.0. The van der Waals surface area contributed by atoms with Crippen molar-refractivity contribution >= 4 is 17.8 Å². The van der Waals surface area contributed by atoms with Crippen molar-refractivity contribution in [2.45, 2.75) is 219 Å². The van der Waals surface area contributed by atoms with E-state index in [1.54, 1.807) is 0 Å². The van der Waals surface area contributed by atoms with Crippen molar-refractivity contribution in [2.75, 3.05) is 26.2 Å². The summed E-state index contributed by atoms with van der Waals surface area (Å²) in [7, 11) is 0. The van der Waals surface area contributed by atoms with Gasteiger partial charge in [0.15, 0.2) is 5.96 Å². The fourth-order valence-electron chi connectivity index (χ4n) is 6.69. The molecule has 2 unspecified atom stereocenters. The van der Waals surface area contributed by atoms with Crippen LogP contribution in [0.1, 0.15) is 206 Å². The fourth-order valence-corrected chi connectivity index (χ4v) is 6.69. The Labute approximate surface area is 321 Å². The highest BCUT2D eigenvalue weighted by molar-refractivity contribution is 5.85. The number of nitrogens with one attached hydrogen (secondary N) is 1. The molecule has 0 aromatic carbocycles. The minimum absolute atomic E-state index is 0.0263. The van der Waals surface area contributed by atoms with Crippen LogP contribution in [0.3, 0.4) is 0 Å². The number of nitrogens with two attached hydrogens (primary N) is 4. The molecule has 0 aromatic heterocycles. The van der Waals surface area contributed by atoms with E-state index in [2.05, 4.69) is 36.3 Å². The van der Waals surface area contributed by atoms with Crippen LogP contribution < -0.4 is 28.3 Å². The van der Waals surface area contributed by atoms with Crippen LogP contribution in [-0.2, 0) is 9.59 Å². The predicted octanol–water partition coefficient (Wildman–Crippen LogP) is 9.16. The van der Waals surface area contributed by atoms with E-state index in [9.17, 15) is 9.59 Å². The Balaban J connectivity index is 4.44. The molecule has 0 bridgehead atoms. The average Bonchev–Trinajstić information content (AvgIpc) is 3.13. The molecule has 0 heterocycles. The summed E-state index contributed by atoms with van der Waals surface area (Å²) in [5, 5.41) is 2.78. The third-order valence-corrected chi connectivity index (χ3v) is 10.2. The summed E-state index contributed by atoms with van der Waals surface area (Å²) in [6.07, 6.45) is 41.8. The molecule has 9 N–H and O–H groups in total. The number of nitrogens with zero attached hydrogens (tertiary/aromatic N) is 2. The van der Waals surface area contributed by atoms with Crippen molar-refractivity contribution in [3.05, 3.63) is 12.2 Å². The molecule has 9 heteroatoms. The number of allylic oxidation sites excluding steroid dienone is 2. The van der Waals surface area contributed by atoms with Crippen LogP contribution in [0.5, 0.6) is 0 Å². The van der Waals surface area contributed by atoms with Crippen LogP contribution in [0.2, 0.25) is 0 Å². The van der Waals surface area contributed by atoms with E-state index < -0.39 is 12.1 Å². The van der Waals surface area contributed by atoms with E-state index in [0.29, 0.717) is 19.4 Å². The van der Waals surface area contributed by atoms with Gasteiger partial charge in [-0.2, -0.15) is 0 Å². The number of guanidine groups is 1. The van der Waals surface area contributed by atoms with Gasteiger partial charge < -0.3 is 33.2 Å². The second-order valence-electron chi connectivity index (χ2n) is 15.3. The van der Waals surface area contributed by atoms with E-state index in [1.807, 2.05) is 4.90 Å². The third kappa shape index (κ3) is 33.7. The molecule has 52 heavy (non-hydrogen) atoms. The zero-order valence-corrected chi connectivity index (χ0v) is 34.4. The number of amides is 2. The molecule has 0 aliphatic carbocycles. The van der Waals surface area contributed by atoms with Gasteiger partial charge in [-0.25, -0.2) is 0 Å². The fraction of sp³-hybridized carbons (Fsp3) is 0.884. The van der Waals surface area contributed by atoms with Gasteiger partial charge in [0.1, 0.15) is 6.04 Å². The molecule has 0 rings (SSSR count). The number of carbonyl (C=O) groups excluding carboxylic acids is 2. The minimum Gasteiger partial charge on any atom is -0.370 e. The first-order chi connectivity index (χ1) is 25.3. The predicted molar refractivity (Wildman–Crippen MR) is 225 cm³/mol. The SMILES string of the molecule is CCCCCCCCC=CCCCCCCCCN(CCCCCCCCCCCCCCCC)C(=O)C(N)CNC(=O)C(N)CCCN=C(N)N. The van der Waals surface area contributed by atoms with Gasteiger partial charge in [-0.15, -0.1) is 0 Å². The molecule has 9 nitrogen and oxygen atoms in total. The van der Waals surface area contributed by atoms with Gasteiger partial charge >= 0.3 is 0 Å². The van der Waals surface area contributed by atoms with E-state index in [0.717, 1.165) is 38.8 Å². The van der Waals surface area contributed by atoms with Gasteiger partial charge in [0.25, 0.3) is 0 Å². The van der Waals surface area contributed by atoms with Gasteiger partial charge in [0.2, 0.25) is 11.8 Å². The van der Waals surface area contributed by atoms with Crippen LogP contribution in [0.4, 0.5) is 0 Å². The van der Waals surface area contributed by atoms with Gasteiger partial charge in [0, 0.05) is 26.2 Å². The highest BCUT2D eigenvalue weighted by atomic mass is 16.2. The smallest absolute Gasteiger partial charge is 0.241 e. The normalized spacial score (nSPS) is 12.6. The molecule has 0 aliphatic heterocycles. The summed E-state index contributed by atoms with van der Waals surface area (Å²) in [5.74, 6) is -0.359. The summed E-state index contributed by atoms with van der Waals surface area (Å²) in [4.78, 5) is 31.8. The molecule has 0 spiro atoms. The van der Waals surface area contributed by atoms with Crippen molar-refractivity contribution < 1.29 is 9.59 Å². The highest BCUT2D eigenvalue weighted by Crippen LogP contribution is 2.14. The number of hydrogen-bond acceptors (Lipinski definition) is 5. The highest BCUT2D eigenvalue weighted by Gasteiger charge is 2.22. The van der Waals surface area contributed by atoms with E-state index >= 15 is 0 Å². The molecule has 0 fully saturated rings. The molecule has 306 valence electrons. The quantitative estimate of drug-likeness (QED) is 0.0183. The van der Waals surface area contributed by atoms with Crippen LogP contribution >= 0.6 is 0 Å². The van der Waals surface area contributed by atoms with Crippen LogP contribution in [0.15, 0.2) is 17.1 Å². The summed E-state index contributed by atoms with van der Waals surface area (Å²) in [6, 6.07) is -1.47. The Morgan fingerprint density at radius 2 is 0.942 bits per heavy atom. The van der Waals surface area contributed by atoms with Gasteiger partial charge in [-0.1, -0.05) is 167 Å². The average molecular weight is 734 g/mol. The second kappa shape index (κ2) is 38.6. The second-order valence-corrected chi connectivity index (χ2v) is 15.3. The van der Waals surface area contributed by atoms with Gasteiger partial charge in [0.05, 0.1) is 6.04 Å². The summed E-state index contributed by atoms with van der Waals surface area (Å²) in [5.41, 5.74) is 23.1. The number of aliphatic imine (C=N–C) groups is 1. The number of carbonyl (C=O) groups is 2. The first-order valence-corrected chi connectivity index (χ1v) is 22.1. The Morgan fingerprint density at radius 3 is 1.35 bits per heavy atom. The minimum atomic E-state index is -0.779. The van der Waals surface area contributed by atoms with Crippen molar-refractivity contribution in [1.29, 1.82) is 0 Å². The van der Waals surface area contributed by atoms with Crippen molar-refractivity contribution in [1.82, 2.24) is 10.2 Å². The lowest BCUT2D eigenvalue weighted by molar-refractivity contribution is -0.133. The summed E-state index contributed by atoms with van der Waals surface area (Å²) >= 11 is 0. The molecule has 2 atom stereocenters. The van der Waals surface area contributed by atoms with Gasteiger partial charge in [-0.05, 0) is 51.4 Å². The maximum atomic E-state index is 13.4. The first kappa shape index (κ1) is 49.9. The molecule has 0 aliphatic rings. The van der Waals surface area contributed by atoms with Crippen molar-refractivity contribution in [3.63, 3.8) is 0 Å². The van der Waals surface area contributed by atoms with E-state index in [-0.39, 0.29) is 24.3 Å². The molecule has 0 saturated heterocycles. The van der Waals surface area contributed by atoms with Crippen molar-refractivity contribution in [2.24, 2.45) is 27.9 Å². The third-order valence-electron chi connectivity index (χ3n) is 10.2. The zero-order valence-electron chi connectivity index (χ0n) is 34.4. The number of rotatable bonds is 39. The van der Waals surface area contributed by atoms with Gasteiger partial charge in [-0.3, -0.25) is 14.6 Å². The summed E-state index contributed by atoms with van der Waals surface area (Å²) in [6.45, 7) is 6.51. The zero-order chi connectivity index (χ0) is 38.3. The summed E-state index contributed by atoms with van der Waals surface area (Å²) < 4.78 is 0. The Hall–Kier alpha value is -2.13. The Bertz CT molecular complexity index is 862. The van der Waals surface area contributed by atoms with Crippen LogP contribution in [0, 0.1) is 0 Å². The standard InChI is InChI=1S/C43H87N7O2/c1-3-5-7-9-11-13-15-17-19-20-22-24-26-28-30-32-37-50(36-31-29-27-25-23-21-18-16-14-12-10-8-6-4-2)42(52)40(45)38-49-41(51)39(44)34-33-35-48-43(46)47/h17,19,39-40H,3-16,18,20-38,44-45H2,1-2H3,(H,49,51)(H4,46,47,48). The molecular weight excluding hydrogens is 647 g/mol. The maximum Gasteiger partial charge on any atom is 0.241 e. The monoisotopic (exact) mass is 734 g/mol. The largest absolute Gasteiger partial charge is 0.370 e. The number of hydrogen-bond donors (Lipinski definition) is 5. The lowest BCUT2D eigenvalue weighted by Gasteiger charge is -2.26. The topological polar surface area (TPSA) is 166 Å². The van der Waals surface area contributed by atoms with E-state index in [1.165, 1.54) is 154 Å². The molecule has 0 radical (unpaired) electrons. The molecular formula is C43H87N7O2. The Morgan fingerprint density at radius 1 is 0.558 bits per heavy atom. The van der Waals surface area contributed by atoms with E-state index in [4.69, 9.17) is 22.9 Å². The lowest BCUT2D eigenvalue weighted by Crippen LogP contribution is -2.52. The van der Waals surface area contributed by atoms with Crippen LogP contribution in [-0.4, -0.2) is 60.9 Å². The van der Waals surface area contributed by atoms with Crippen LogP contribution in [0.25, 0.3) is 0 Å². The maximum absolute atomic E-state index is 13.4.